The van der Waals surface area contributed by atoms with Gasteiger partial charge in [-0.25, -0.2) is 0 Å². The van der Waals surface area contributed by atoms with Crippen LogP contribution in [0.2, 0.25) is 0 Å². The van der Waals surface area contributed by atoms with E-state index in [1.165, 1.54) is 10.2 Å². The molecule has 0 aliphatic heterocycles. The number of likely N-dealkylation sites (N-methyl/N-ethyl adjacent to an activating group) is 1. The zero-order valence-electron chi connectivity index (χ0n) is 12.8. The van der Waals surface area contributed by atoms with Crippen LogP contribution < -0.4 is 5.32 Å². The van der Waals surface area contributed by atoms with E-state index in [0.717, 1.165) is 38.0 Å². The summed E-state index contributed by atoms with van der Waals surface area (Å²) in [5.74, 6) is 0. The summed E-state index contributed by atoms with van der Waals surface area (Å²) >= 11 is 3.70. The largest absolute Gasteiger partial charge is 0.312 e. The Balaban J connectivity index is 2.79. The molecule has 1 atom stereocenters. The number of halogens is 1. The van der Waals surface area contributed by atoms with Crippen LogP contribution in [-0.4, -0.2) is 47.9 Å². The highest BCUT2D eigenvalue weighted by Crippen LogP contribution is 2.22. The summed E-state index contributed by atoms with van der Waals surface area (Å²) in [6.07, 6.45) is 3.13. The van der Waals surface area contributed by atoms with Gasteiger partial charge in [-0.3, -0.25) is 4.68 Å². The Morgan fingerprint density at radius 2 is 2.05 bits per heavy atom. The number of hydrogen-bond acceptors (Lipinski definition) is 3. The zero-order valence-corrected chi connectivity index (χ0v) is 14.4. The Morgan fingerprint density at radius 3 is 2.53 bits per heavy atom. The quantitative estimate of drug-likeness (QED) is 0.793. The van der Waals surface area contributed by atoms with Gasteiger partial charge in [0.25, 0.3) is 0 Å². The summed E-state index contributed by atoms with van der Waals surface area (Å²) in [7, 11) is 6.28. The lowest BCUT2D eigenvalue weighted by Gasteiger charge is -2.22. The molecule has 0 saturated carbocycles. The normalized spacial score (nSPS) is 13.2. The van der Waals surface area contributed by atoms with Crippen LogP contribution in [0.1, 0.15) is 31.7 Å². The maximum absolute atomic E-state index is 4.57. The van der Waals surface area contributed by atoms with Gasteiger partial charge in [-0.05, 0) is 49.4 Å². The predicted molar refractivity (Wildman–Crippen MR) is 84.6 cm³/mol. The lowest BCUT2D eigenvalue weighted by Crippen LogP contribution is -2.40. The molecular formula is C14H27BrN4. The fourth-order valence-corrected chi connectivity index (χ4v) is 3.04. The highest BCUT2D eigenvalue weighted by atomic mass is 79.9. The first-order chi connectivity index (χ1) is 8.99. The number of aryl methyl sites for hydroxylation is 2. The molecule has 0 radical (unpaired) electrons. The van der Waals surface area contributed by atoms with Crippen molar-refractivity contribution in [2.24, 2.45) is 7.05 Å². The molecule has 4 nitrogen and oxygen atoms in total. The minimum absolute atomic E-state index is 0.464. The van der Waals surface area contributed by atoms with Crippen molar-refractivity contribution in [1.82, 2.24) is 20.0 Å². The standard InChI is InChI=1S/C14H27BrN4/c1-6-8-16-11(10-18(3)4)9-13-14(15)12(7-2)17-19(13)5/h11,16H,6-10H2,1-5H3. The molecule has 0 amide bonds. The highest BCUT2D eigenvalue weighted by Gasteiger charge is 2.17. The highest BCUT2D eigenvalue weighted by molar-refractivity contribution is 9.10. The maximum atomic E-state index is 4.57. The van der Waals surface area contributed by atoms with E-state index in [9.17, 15) is 0 Å². The Morgan fingerprint density at radius 1 is 1.37 bits per heavy atom. The van der Waals surface area contributed by atoms with E-state index in [1.54, 1.807) is 0 Å². The molecule has 0 bridgehead atoms. The van der Waals surface area contributed by atoms with Gasteiger partial charge in [0.05, 0.1) is 15.9 Å². The second-order valence-electron chi connectivity index (χ2n) is 5.30. The molecule has 0 aliphatic carbocycles. The summed E-state index contributed by atoms with van der Waals surface area (Å²) in [4.78, 5) is 2.23. The minimum atomic E-state index is 0.464. The van der Waals surface area contributed by atoms with Gasteiger partial charge in [-0.1, -0.05) is 13.8 Å². The Hall–Kier alpha value is -0.390. The van der Waals surface area contributed by atoms with Gasteiger partial charge in [-0.2, -0.15) is 5.10 Å². The summed E-state index contributed by atoms with van der Waals surface area (Å²) < 4.78 is 3.19. The summed E-state index contributed by atoms with van der Waals surface area (Å²) in [6, 6.07) is 0.464. The van der Waals surface area contributed by atoms with Gasteiger partial charge in [0, 0.05) is 26.1 Å². The third-order valence-corrected chi connectivity index (χ3v) is 4.13. The fourth-order valence-electron chi connectivity index (χ4n) is 2.27. The van der Waals surface area contributed by atoms with Gasteiger partial charge in [-0.15, -0.1) is 0 Å². The van der Waals surface area contributed by atoms with E-state index in [-0.39, 0.29) is 0 Å². The molecule has 0 aliphatic rings. The van der Waals surface area contributed by atoms with Gasteiger partial charge in [0.15, 0.2) is 0 Å². The van der Waals surface area contributed by atoms with E-state index in [1.807, 2.05) is 11.7 Å². The van der Waals surface area contributed by atoms with Crippen LogP contribution >= 0.6 is 15.9 Å². The third kappa shape index (κ3) is 4.89. The molecule has 1 N–H and O–H groups in total. The first-order valence-electron chi connectivity index (χ1n) is 7.07. The van der Waals surface area contributed by atoms with Crippen LogP contribution in [0.3, 0.4) is 0 Å². The number of hydrogen-bond donors (Lipinski definition) is 1. The molecule has 0 saturated heterocycles. The van der Waals surface area contributed by atoms with E-state index in [4.69, 9.17) is 0 Å². The van der Waals surface area contributed by atoms with Crippen LogP contribution in [-0.2, 0) is 19.9 Å². The van der Waals surface area contributed by atoms with E-state index < -0.39 is 0 Å². The number of aromatic nitrogens is 2. The smallest absolute Gasteiger partial charge is 0.0766 e. The van der Waals surface area contributed by atoms with Crippen molar-refractivity contribution < 1.29 is 0 Å². The molecule has 1 aromatic heterocycles. The summed E-state index contributed by atoms with van der Waals surface area (Å²) in [5, 5.41) is 8.20. The second-order valence-corrected chi connectivity index (χ2v) is 6.09. The number of nitrogens with zero attached hydrogens (tertiary/aromatic N) is 3. The molecule has 5 heteroatoms. The van der Waals surface area contributed by atoms with Crippen LogP contribution in [0.5, 0.6) is 0 Å². The van der Waals surface area contributed by atoms with E-state index in [0.29, 0.717) is 6.04 Å². The molecule has 110 valence electrons. The molecular weight excluding hydrogens is 304 g/mol. The van der Waals surface area contributed by atoms with Gasteiger partial charge in [0.2, 0.25) is 0 Å². The molecule has 1 unspecified atom stereocenters. The first-order valence-corrected chi connectivity index (χ1v) is 7.87. The minimum Gasteiger partial charge on any atom is -0.312 e. The molecule has 1 aromatic rings. The van der Waals surface area contributed by atoms with Gasteiger partial charge in [0.1, 0.15) is 0 Å². The second kappa shape index (κ2) is 8.02. The third-order valence-electron chi connectivity index (χ3n) is 3.21. The van der Waals surface area contributed by atoms with E-state index in [2.05, 4.69) is 59.2 Å². The van der Waals surface area contributed by atoms with Crippen molar-refractivity contribution in [3.8, 4) is 0 Å². The Bertz CT molecular complexity index is 387. The number of rotatable bonds is 8. The van der Waals surface area contributed by atoms with Crippen LogP contribution in [0, 0.1) is 0 Å². The summed E-state index contributed by atoms with van der Waals surface area (Å²) in [6.45, 7) is 6.45. The van der Waals surface area contributed by atoms with E-state index >= 15 is 0 Å². The Kier molecular flexibility index (Phi) is 7.04. The molecule has 1 heterocycles. The maximum Gasteiger partial charge on any atom is 0.0766 e. The Labute approximate surface area is 125 Å². The molecule has 1 rings (SSSR count). The lowest BCUT2D eigenvalue weighted by molar-refractivity contribution is 0.332. The lowest BCUT2D eigenvalue weighted by atomic mass is 10.1. The van der Waals surface area contributed by atoms with Crippen LogP contribution in [0.25, 0.3) is 0 Å². The van der Waals surface area contributed by atoms with Crippen molar-refractivity contribution in [2.45, 2.75) is 39.2 Å². The molecule has 19 heavy (non-hydrogen) atoms. The van der Waals surface area contributed by atoms with Crippen molar-refractivity contribution in [1.29, 1.82) is 0 Å². The first kappa shape index (κ1) is 16.7. The SMILES string of the molecule is CCCNC(Cc1c(Br)c(CC)nn1C)CN(C)C. The zero-order chi connectivity index (χ0) is 14.4. The molecule has 0 fully saturated rings. The van der Waals surface area contributed by atoms with Gasteiger partial charge < -0.3 is 10.2 Å². The van der Waals surface area contributed by atoms with Crippen LogP contribution in [0.15, 0.2) is 4.47 Å². The topological polar surface area (TPSA) is 33.1 Å². The van der Waals surface area contributed by atoms with Crippen molar-refractivity contribution in [3.05, 3.63) is 15.9 Å². The average Bonchev–Trinajstić information content (AvgIpc) is 2.62. The average molecular weight is 331 g/mol. The van der Waals surface area contributed by atoms with Gasteiger partial charge >= 0.3 is 0 Å². The predicted octanol–water partition coefficient (Wildman–Crippen LogP) is 2.22. The van der Waals surface area contributed by atoms with Crippen LogP contribution in [0.4, 0.5) is 0 Å². The van der Waals surface area contributed by atoms with Crippen molar-refractivity contribution in [3.63, 3.8) is 0 Å². The fraction of sp³-hybridized carbons (Fsp3) is 0.786. The summed E-state index contributed by atoms with van der Waals surface area (Å²) in [5.41, 5.74) is 2.43. The molecule has 0 spiro atoms. The monoisotopic (exact) mass is 330 g/mol. The van der Waals surface area contributed by atoms with Crippen molar-refractivity contribution >= 4 is 15.9 Å². The molecule has 0 aromatic carbocycles. The van der Waals surface area contributed by atoms with Crippen molar-refractivity contribution in [2.75, 3.05) is 27.2 Å². The number of nitrogens with one attached hydrogen (secondary N) is 1.